The number of fused-ring (bicyclic) bond motifs is 1. The molecule has 2 aromatic heterocycles. The molecule has 0 atom stereocenters. The number of halogens is 1. The molecule has 0 spiro atoms. The monoisotopic (exact) mass is 245 g/mol. The third kappa shape index (κ3) is 1.72. The number of H-pyrrole nitrogens is 2. The molecule has 2 heterocycles. The lowest BCUT2D eigenvalue weighted by Crippen LogP contribution is -2.07. The van der Waals surface area contributed by atoms with Crippen LogP contribution in [0.1, 0.15) is 0 Å². The topological polar surface area (TPSA) is 61.5 Å². The van der Waals surface area contributed by atoms with Gasteiger partial charge >= 0.3 is 0 Å². The number of hydrogen-bond acceptors (Lipinski definition) is 2. The molecule has 0 fully saturated rings. The van der Waals surface area contributed by atoms with Gasteiger partial charge in [-0.3, -0.25) is 9.78 Å². The minimum atomic E-state index is -0.262. The predicted octanol–water partition coefficient (Wildman–Crippen LogP) is 2.57. The van der Waals surface area contributed by atoms with Gasteiger partial charge in [-0.2, -0.15) is 0 Å². The fourth-order valence-electron chi connectivity index (χ4n) is 1.77. The highest BCUT2D eigenvalue weighted by Crippen LogP contribution is 2.21. The lowest BCUT2D eigenvalue weighted by Gasteiger charge is -1.94. The van der Waals surface area contributed by atoms with Crippen LogP contribution in [0.5, 0.6) is 0 Å². The van der Waals surface area contributed by atoms with Gasteiger partial charge < -0.3 is 4.98 Å². The van der Waals surface area contributed by atoms with Gasteiger partial charge in [0.25, 0.3) is 5.56 Å². The van der Waals surface area contributed by atoms with Gasteiger partial charge in [0, 0.05) is 5.69 Å². The van der Waals surface area contributed by atoms with Crippen LogP contribution in [-0.4, -0.2) is 15.0 Å². The van der Waals surface area contributed by atoms with E-state index in [2.05, 4.69) is 15.0 Å². The summed E-state index contributed by atoms with van der Waals surface area (Å²) in [7, 11) is 0. The Hall–Kier alpha value is -2.07. The Kier molecular flexibility index (Phi) is 2.23. The van der Waals surface area contributed by atoms with E-state index in [9.17, 15) is 4.79 Å². The number of benzene rings is 1. The van der Waals surface area contributed by atoms with E-state index in [0.717, 1.165) is 11.3 Å². The first-order chi connectivity index (χ1) is 8.24. The average Bonchev–Trinajstić information content (AvgIpc) is 2.74. The quantitative estimate of drug-likeness (QED) is 0.648. The second kappa shape index (κ2) is 3.75. The zero-order valence-corrected chi connectivity index (χ0v) is 9.45. The van der Waals surface area contributed by atoms with Crippen LogP contribution >= 0.6 is 11.6 Å². The summed E-state index contributed by atoms with van der Waals surface area (Å²) >= 11 is 5.70. The summed E-state index contributed by atoms with van der Waals surface area (Å²) in [4.78, 5) is 21.2. The highest BCUT2D eigenvalue weighted by molar-refractivity contribution is 6.28. The molecule has 0 saturated heterocycles. The SMILES string of the molecule is O=c1[nH]c(Cl)nc2cc(-c3ccccc3)[nH]c12. The molecule has 0 aliphatic heterocycles. The van der Waals surface area contributed by atoms with Crippen LogP contribution in [0.2, 0.25) is 5.28 Å². The van der Waals surface area contributed by atoms with Crippen molar-refractivity contribution in [2.45, 2.75) is 0 Å². The molecule has 0 aliphatic carbocycles. The van der Waals surface area contributed by atoms with Crippen molar-refractivity contribution in [2.75, 3.05) is 0 Å². The van der Waals surface area contributed by atoms with Crippen molar-refractivity contribution in [3.63, 3.8) is 0 Å². The van der Waals surface area contributed by atoms with Crippen LogP contribution in [0.25, 0.3) is 22.3 Å². The fourth-order valence-corrected chi connectivity index (χ4v) is 1.94. The summed E-state index contributed by atoms with van der Waals surface area (Å²) in [5, 5.41) is 0.0983. The van der Waals surface area contributed by atoms with E-state index in [1.807, 2.05) is 36.4 Å². The zero-order valence-electron chi connectivity index (χ0n) is 8.70. The summed E-state index contributed by atoms with van der Waals surface area (Å²) in [5.74, 6) is 0. The van der Waals surface area contributed by atoms with Crippen LogP contribution in [0.3, 0.4) is 0 Å². The van der Waals surface area contributed by atoms with Crippen molar-refractivity contribution in [2.24, 2.45) is 0 Å². The first-order valence-corrected chi connectivity index (χ1v) is 5.46. The first kappa shape index (κ1) is 10.1. The van der Waals surface area contributed by atoms with E-state index in [-0.39, 0.29) is 10.8 Å². The van der Waals surface area contributed by atoms with Gasteiger partial charge in [-0.25, -0.2) is 4.98 Å². The molecule has 84 valence electrons. The van der Waals surface area contributed by atoms with E-state index in [4.69, 9.17) is 11.6 Å². The molecule has 0 aliphatic rings. The van der Waals surface area contributed by atoms with E-state index >= 15 is 0 Å². The molecular formula is C12H8ClN3O. The third-order valence-electron chi connectivity index (χ3n) is 2.54. The normalized spacial score (nSPS) is 10.9. The Morgan fingerprint density at radius 2 is 1.88 bits per heavy atom. The Labute approximate surface area is 101 Å². The van der Waals surface area contributed by atoms with E-state index in [0.29, 0.717) is 11.0 Å². The van der Waals surface area contributed by atoms with Gasteiger partial charge in [0.1, 0.15) is 5.52 Å². The Balaban J connectivity index is 2.28. The van der Waals surface area contributed by atoms with Crippen molar-refractivity contribution in [3.8, 4) is 11.3 Å². The highest BCUT2D eigenvalue weighted by Gasteiger charge is 2.07. The molecular weight excluding hydrogens is 238 g/mol. The third-order valence-corrected chi connectivity index (χ3v) is 2.72. The van der Waals surface area contributed by atoms with Gasteiger partial charge in [-0.15, -0.1) is 0 Å². The van der Waals surface area contributed by atoms with Crippen LogP contribution in [0, 0.1) is 0 Å². The maximum absolute atomic E-state index is 11.6. The van der Waals surface area contributed by atoms with E-state index in [1.165, 1.54) is 0 Å². The first-order valence-electron chi connectivity index (χ1n) is 5.08. The lowest BCUT2D eigenvalue weighted by atomic mass is 10.2. The zero-order chi connectivity index (χ0) is 11.8. The van der Waals surface area contributed by atoms with Crippen LogP contribution in [-0.2, 0) is 0 Å². The van der Waals surface area contributed by atoms with Crippen LogP contribution < -0.4 is 5.56 Å². The number of hydrogen-bond donors (Lipinski definition) is 2. The van der Waals surface area contributed by atoms with E-state index < -0.39 is 0 Å². The summed E-state index contributed by atoms with van der Waals surface area (Å²) in [5.41, 5.74) is 2.59. The predicted molar refractivity (Wildman–Crippen MR) is 67.2 cm³/mol. The van der Waals surface area contributed by atoms with Crippen molar-refractivity contribution in [3.05, 3.63) is 52.0 Å². The number of aromatic amines is 2. The molecule has 0 bridgehead atoms. The van der Waals surface area contributed by atoms with Crippen molar-refractivity contribution < 1.29 is 0 Å². The largest absolute Gasteiger partial charge is 0.349 e. The van der Waals surface area contributed by atoms with Crippen LogP contribution in [0.4, 0.5) is 0 Å². The molecule has 0 radical (unpaired) electrons. The average molecular weight is 246 g/mol. The molecule has 17 heavy (non-hydrogen) atoms. The fraction of sp³-hybridized carbons (Fsp3) is 0. The Morgan fingerprint density at radius 1 is 1.12 bits per heavy atom. The van der Waals surface area contributed by atoms with Gasteiger partial charge in [0.2, 0.25) is 5.28 Å². The highest BCUT2D eigenvalue weighted by atomic mass is 35.5. The summed E-state index contributed by atoms with van der Waals surface area (Å²) < 4.78 is 0. The van der Waals surface area contributed by atoms with Crippen molar-refractivity contribution in [1.82, 2.24) is 15.0 Å². The Morgan fingerprint density at radius 3 is 2.65 bits per heavy atom. The van der Waals surface area contributed by atoms with Crippen molar-refractivity contribution in [1.29, 1.82) is 0 Å². The smallest absolute Gasteiger partial charge is 0.276 e. The molecule has 2 N–H and O–H groups in total. The van der Waals surface area contributed by atoms with E-state index in [1.54, 1.807) is 0 Å². The minimum Gasteiger partial charge on any atom is -0.349 e. The summed E-state index contributed by atoms with van der Waals surface area (Å²) in [6.07, 6.45) is 0. The second-order valence-electron chi connectivity index (χ2n) is 3.67. The van der Waals surface area contributed by atoms with Gasteiger partial charge in [-0.1, -0.05) is 30.3 Å². The molecule has 3 aromatic rings. The lowest BCUT2D eigenvalue weighted by molar-refractivity contribution is 1.16. The maximum Gasteiger partial charge on any atom is 0.276 e. The number of nitrogens with one attached hydrogen (secondary N) is 2. The van der Waals surface area contributed by atoms with Gasteiger partial charge in [-0.05, 0) is 23.2 Å². The number of aromatic nitrogens is 3. The van der Waals surface area contributed by atoms with Crippen molar-refractivity contribution >= 4 is 22.6 Å². The molecule has 3 rings (SSSR count). The van der Waals surface area contributed by atoms with Gasteiger partial charge in [0.15, 0.2) is 0 Å². The van der Waals surface area contributed by atoms with Gasteiger partial charge in [0.05, 0.1) is 5.52 Å². The summed E-state index contributed by atoms with van der Waals surface area (Å²) in [6, 6.07) is 11.5. The number of nitrogens with zero attached hydrogens (tertiary/aromatic N) is 1. The molecule has 4 nitrogen and oxygen atoms in total. The van der Waals surface area contributed by atoms with Crippen LogP contribution in [0.15, 0.2) is 41.2 Å². The minimum absolute atomic E-state index is 0.0983. The maximum atomic E-state index is 11.6. The summed E-state index contributed by atoms with van der Waals surface area (Å²) in [6.45, 7) is 0. The second-order valence-corrected chi connectivity index (χ2v) is 4.02. The number of rotatable bonds is 1. The molecule has 5 heteroatoms. The molecule has 1 aromatic carbocycles. The molecule has 0 saturated carbocycles. The Bertz CT molecular complexity index is 730. The molecule has 0 unspecified atom stereocenters. The standard InChI is InChI=1S/C12H8ClN3O/c13-12-15-9-6-8(7-4-2-1-3-5-7)14-10(9)11(17)16-12/h1-6,14H,(H,15,16,17). The molecule has 0 amide bonds.